The Morgan fingerprint density at radius 2 is 1.39 bits per heavy atom. The van der Waals surface area contributed by atoms with Crippen LogP contribution in [-0.2, 0) is 25.8 Å². The van der Waals surface area contributed by atoms with Gasteiger partial charge in [-0.1, -0.05) is 0 Å². The van der Waals surface area contributed by atoms with Crippen molar-refractivity contribution in [3.8, 4) is 5.69 Å². The fraction of sp³-hybridized carbons (Fsp3) is 0.500. The van der Waals surface area contributed by atoms with Gasteiger partial charge in [0.05, 0.1) is 0 Å². The monoisotopic (exact) mass is 582 g/mol. The van der Waals surface area contributed by atoms with Crippen LogP contribution in [0.4, 0.5) is 0 Å². The van der Waals surface area contributed by atoms with E-state index in [0.29, 0.717) is 6.04 Å². The predicted octanol–water partition coefficient (Wildman–Crippen LogP) is 5.71. The van der Waals surface area contributed by atoms with Gasteiger partial charge in [0, 0.05) is 0 Å². The first-order valence-electron chi connectivity index (χ1n) is 9.51. The molecule has 1 aromatic heterocycles. The van der Waals surface area contributed by atoms with E-state index >= 15 is 0 Å². The van der Waals surface area contributed by atoms with Crippen molar-refractivity contribution in [2.45, 2.75) is 71.8 Å². The summed E-state index contributed by atoms with van der Waals surface area (Å²) in [5, 5.41) is 0. The molecule has 4 nitrogen and oxygen atoms in total. The molecule has 1 saturated carbocycles. The van der Waals surface area contributed by atoms with E-state index < -0.39 is 16.2 Å². The van der Waals surface area contributed by atoms with Gasteiger partial charge in [-0.3, -0.25) is 13.6 Å². The van der Waals surface area contributed by atoms with Crippen molar-refractivity contribution in [1.29, 1.82) is 0 Å². The van der Waals surface area contributed by atoms with Crippen molar-refractivity contribution >= 4 is 23.2 Å². The fourth-order valence-corrected chi connectivity index (χ4v) is 6.68. The zero-order chi connectivity index (χ0) is 21.1. The summed E-state index contributed by atoms with van der Waals surface area (Å²) in [4.78, 5) is 15.5. The van der Waals surface area contributed by atoms with Gasteiger partial charge in [0.25, 0.3) is 0 Å². The minimum Gasteiger partial charge on any atom is -0.545 e. The second-order valence-electron chi connectivity index (χ2n) is 7.13. The molecule has 1 aliphatic carbocycles. The molecule has 0 unspecified atom stereocenters. The summed E-state index contributed by atoms with van der Waals surface area (Å²) < 4.78 is 6.23. The Bertz CT molecular complexity index is 780. The first-order valence-corrected chi connectivity index (χ1v) is 13.7. The minimum absolute atomic E-state index is 0.634. The Morgan fingerprint density at radius 1 is 0.893 bits per heavy atom. The van der Waals surface area contributed by atoms with E-state index in [-0.39, 0.29) is 0 Å². The van der Waals surface area contributed by atoms with Crippen LogP contribution >= 0.6 is 9.58 Å². The molecule has 1 heterocycles. The van der Waals surface area contributed by atoms with E-state index in [9.17, 15) is 0 Å². The Morgan fingerprint density at radius 3 is 1.89 bits per heavy atom. The second kappa shape index (κ2) is 13.0. The number of benzene rings is 1. The third-order valence-corrected chi connectivity index (χ3v) is 7.69. The van der Waals surface area contributed by atoms with Crippen molar-refractivity contribution in [3.63, 3.8) is 0 Å². The number of carbonyl (C=O) groups excluding carboxylic acids is 2. The van der Waals surface area contributed by atoms with Crippen LogP contribution in [0, 0.1) is 24.7 Å². The standard InChI is InChI=1S/C20H28N2.2CHO.ClH.Ir/c1-16-13-17(2)20(18(3)14-16)22-12-11-21(15-22)19-9-7-5-4-6-8-10-19;2*1-2;;/h11-14,19H,4-10H2,1-3H3;2*1H;1H;/q;2*-1;;+1/p-1. The third kappa shape index (κ3) is 6.10. The van der Waals surface area contributed by atoms with Gasteiger partial charge in [-0.05, 0) is 0 Å². The molecule has 1 fully saturated rings. The minimum atomic E-state index is -0.644. The molecule has 6 heteroatoms. The quantitative estimate of drug-likeness (QED) is 0.337. The average molecular weight is 582 g/mol. The molecule has 0 atom stereocenters. The molecule has 0 aliphatic heterocycles. The van der Waals surface area contributed by atoms with Crippen molar-refractivity contribution < 1.29 is 25.8 Å². The summed E-state index contributed by atoms with van der Waals surface area (Å²) in [5.41, 5.74) is 5.33. The molecular weight excluding hydrogens is 552 g/mol. The van der Waals surface area contributed by atoms with Crippen LogP contribution in [0.15, 0.2) is 24.5 Å². The van der Waals surface area contributed by atoms with E-state index in [1.54, 1.807) is 0 Å². The Labute approximate surface area is 180 Å². The smallest absolute Gasteiger partial charge is 0.282 e. The maximum Gasteiger partial charge on any atom is -0.282 e. The van der Waals surface area contributed by atoms with Crippen LogP contribution in [0.2, 0.25) is 0 Å². The Hall–Kier alpha value is -1.29. The van der Waals surface area contributed by atoms with Crippen molar-refractivity contribution in [1.82, 2.24) is 9.13 Å². The maximum absolute atomic E-state index is 7.75. The maximum atomic E-state index is 7.75. The summed E-state index contributed by atoms with van der Waals surface area (Å²) in [6, 6.07) is 5.19. The van der Waals surface area contributed by atoms with Crippen molar-refractivity contribution in [2.24, 2.45) is 0 Å². The number of halogens is 1. The zero-order valence-corrected chi connectivity index (χ0v) is 20.1. The number of aryl methyl sites for hydroxylation is 3. The van der Waals surface area contributed by atoms with E-state index in [1.807, 2.05) is 0 Å². The van der Waals surface area contributed by atoms with Crippen LogP contribution in [0.3, 0.4) is 0 Å². The molecule has 0 bridgehead atoms. The van der Waals surface area contributed by atoms with Crippen LogP contribution in [0.25, 0.3) is 5.69 Å². The molecule has 0 N–H and O–H groups in total. The van der Waals surface area contributed by atoms with Gasteiger partial charge >= 0.3 is 158 Å². The molecule has 3 rings (SSSR count). The number of imidazole rings is 1. The van der Waals surface area contributed by atoms with Gasteiger partial charge in [0.2, 0.25) is 0 Å². The van der Waals surface area contributed by atoms with Gasteiger partial charge in [0.15, 0.2) is 0 Å². The molecule has 158 valence electrons. The van der Waals surface area contributed by atoms with E-state index in [4.69, 9.17) is 19.2 Å². The molecular formula is C22H30ClIrN2O2-2. The SMILES string of the molecule is Cc1cc(C)c(-n2ccn(C3CCCCCCC3)[c]2=[Ir][Cl])c(C)c1.[CH-]=O.[CH-]=O. The first-order chi connectivity index (χ1) is 13.6. The number of rotatable bonds is 2. The molecule has 0 amide bonds. The normalized spacial score (nSPS) is 16.1. The van der Waals surface area contributed by atoms with Gasteiger partial charge in [-0.25, -0.2) is 0 Å². The summed E-state index contributed by atoms with van der Waals surface area (Å²) in [5.74, 6) is 0. The van der Waals surface area contributed by atoms with E-state index in [2.05, 4.69) is 68.0 Å². The molecule has 1 aromatic carbocycles. The largest absolute Gasteiger partial charge is 0.545 e. The number of nitrogens with zero attached hydrogens (tertiary/aromatic N) is 2. The summed E-state index contributed by atoms with van der Waals surface area (Å²) in [6.45, 7) is 13.1. The van der Waals surface area contributed by atoms with Gasteiger partial charge in [-0.15, -0.1) is 0 Å². The predicted molar refractivity (Wildman–Crippen MR) is 112 cm³/mol. The Balaban J connectivity index is 0.000000921. The molecule has 0 saturated heterocycles. The molecule has 0 radical (unpaired) electrons. The number of aromatic nitrogens is 2. The topological polar surface area (TPSA) is 44.0 Å². The van der Waals surface area contributed by atoms with Gasteiger partial charge < -0.3 is 9.59 Å². The van der Waals surface area contributed by atoms with E-state index in [0.717, 1.165) is 0 Å². The Kier molecular flexibility index (Phi) is 11.5. The van der Waals surface area contributed by atoms with Crippen LogP contribution < -0.4 is 0 Å². The first kappa shape index (κ1) is 24.7. The van der Waals surface area contributed by atoms with Crippen LogP contribution in [-0.4, -0.2) is 22.7 Å². The van der Waals surface area contributed by atoms with Crippen molar-refractivity contribution in [2.75, 3.05) is 0 Å². The molecule has 28 heavy (non-hydrogen) atoms. The number of hydrogen-bond donors (Lipinski definition) is 0. The van der Waals surface area contributed by atoms with Crippen LogP contribution in [0.1, 0.15) is 67.7 Å². The number of hydrogen-bond acceptors (Lipinski definition) is 2. The summed E-state index contributed by atoms with van der Waals surface area (Å²) in [7, 11) is 6.54. The van der Waals surface area contributed by atoms with E-state index in [1.165, 1.54) is 71.3 Å². The van der Waals surface area contributed by atoms with Gasteiger partial charge in [0.1, 0.15) is 0 Å². The van der Waals surface area contributed by atoms with Crippen LogP contribution in [0.5, 0.6) is 0 Å². The molecule has 0 spiro atoms. The second-order valence-corrected chi connectivity index (χ2v) is 9.69. The zero-order valence-electron chi connectivity index (χ0n) is 16.9. The average Bonchev–Trinajstić information content (AvgIpc) is 3.07. The molecule has 1 aliphatic rings. The summed E-state index contributed by atoms with van der Waals surface area (Å²) >= 11 is -0.644. The molecule has 2 aromatic rings. The fourth-order valence-electron chi connectivity index (χ4n) is 4.13. The van der Waals surface area contributed by atoms with Crippen molar-refractivity contribution in [3.05, 3.63) is 45.1 Å². The van der Waals surface area contributed by atoms with Gasteiger partial charge in [-0.2, -0.15) is 0 Å². The summed E-state index contributed by atoms with van der Waals surface area (Å²) in [6.07, 6.45) is 14.0. The third-order valence-electron chi connectivity index (χ3n) is 5.17.